The van der Waals surface area contributed by atoms with Gasteiger partial charge in [0.25, 0.3) is 0 Å². The van der Waals surface area contributed by atoms with Crippen LogP contribution in [0.25, 0.3) is 0 Å². The van der Waals surface area contributed by atoms with Gasteiger partial charge in [-0.05, 0) is 61.8 Å². The van der Waals surface area contributed by atoms with Crippen molar-refractivity contribution in [1.29, 1.82) is 0 Å². The number of anilines is 1. The van der Waals surface area contributed by atoms with Gasteiger partial charge in [0.2, 0.25) is 0 Å². The largest absolute Gasteiger partial charge is 0.353 e. The number of nitrogens with one attached hydrogen (secondary N) is 2. The van der Waals surface area contributed by atoms with Crippen molar-refractivity contribution in [3.8, 4) is 0 Å². The van der Waals surface area contributed by atoms with Crippen LogP contribution in [0.2, 0.25) is 0 Å². The van der Waals surface area contributed by atoms with Gasteiger partial charge >= 0.3 is 0 Å². The fraction of sp³-hybridized carbons (Fsp3) is 0.316. The minimum atomic E-state index is -0.249. The molecular formula is C19H21FN2S. The summed E-state index contributed by atoms with van der Waals surface area (Å²) in [5, 5.41) is 7.27. The molecular weight excluding hydrogens is 307 g/mol. The summed E-state index contributed by atoms with van der Waals surface area (Å²) in [4.78, 5) is 0. The first-order valence-electron chi connectivity index (χ1n) is 7.99. The van der Waals surface area contributed by atoms with Crippen LogP contribution in [0.4, 0.5) is 10.1 Å². The van der Waals surface area contributed by atoms with Gasteiger partial charge in [0.1, 0.15) is 5.82 Å². The first kappa shape index (κ1) is 15.9. The topological polar surface area (TPSA) is 24.1 Å². The molecule has 1 fully saturated rings. The van der Waals surface area contributed by atoms with Crippen molar-refractivity contribution in [2.45, 2.75) is 38.1 Å². The van der Waals surface area contributed by atoms with Crippen LogP contribution in [0.15, 0.2) is 48.5 Å². The number of aryl methyl sites for hydroxylation is 1. The summed E-state index contributed by atoms with van der Waals surface area (Å²) in [5.74, 6) is -0.249. The Labute approximate surface area is 142 Å². The lowest BCUT2D eigenvalue weighted by atomic mass is 9.87. The molecule has 1 aliphatic rings. The monoisotopic (exact) mass is 328 g/mol. The van der Waals surface area contributed by atoms with E-state index in [-0.39, 0.29) is 11.4 Å². The maximum atomic E-state index is 13.0. The van der Waals surface area contributed by atoms with E-state index >= 15 is 0 Å². The Hall–Kier alpha value is -1.94. The molecule has 1 saturated carbocycles. The van der Waals surface area contributed by atoms with Gasteiger partial charge in [0.15, 0.2) is 5.11 Å². The predicted molar refractivity (Wildman–Crippen MR) is 97.1 cm³/mol. The number of hydrogen-bond acceptors (Lipinski definition) is 1. The van der Waals surface area contributed by atoms with Crippen LogP contribution < -0.4 is 10.6 Å². The van der Waals surface area contributed by atoms with Crippen LogP contribution in [-0.2, 0) is 5.54 Å². The van der Waals surface area contributed by atoms with Crippen LogP contribution in [-0.4, -0.2) is 5.11 Å². The van der Waals surface area contributed by atoms with Crippen molar-refractivity contribution in [3.63, 3.8) is 0 Å². The summed E-state index contributed by atoms with van der Waals surface area (Å²) >= 11 is 5.49. The Morgan fingerprint density at radius 3 is 2.43 bits per heavy atom. The van der Waals surface area contributed by atoms with Crippen molar-refractivity contribution >= 4 is 23.0 Å². The van der Waals surface area contributed by atoms with Crippen molar-refractivity contribution in [2.75, 3.05) is 5.32 Å². The second-order valence-electron chi connectivity index (χ2n) is 6.24. The minimum absolute atomic E-state index is 0.101. The Morgan fingerprint density at radius 1 is 1.09 bits per heavy atom. The van der Waals surface area contributed by atoms with E-state index in [0.29, 0.717) is 5.11 Å². The van der Waals surface area contributed by atoms with Gasteiger partial charge in [0, 0.05) is 5.69 Å². The third-order valence-corrected chi connectivity index (χ3v) is 4.69. The third kappa shape index (κ3) is 3.70. The number of halogens is 1. The normalized spacial score (nSPS) is 16.1. The first-order valence-corrected chi connectivity index (χ1v) is 8.40. The van der Waals surface area contributed by atoms with E-state index in [9.17, 15) is 4.39 Å². The lowest BCUT2D eigenvalue weighted by molar-refractivity contribution is 0.408. The van der Waals surface area contributed by atoms with Gasteiger partial charge < -0.3 is 10.6 Å². The molecule has 0 atom stereocenters. The summed E-state index contributed by atoms with van der Waals surface area (Å²) in [6.07, 6.45) is 4.53. The highest BCUT2D eigenvalue weighted by Crippen LogP contribution is 2.39. The second kappa shape index (κ2) is 6.67. The smallest absolute Gasteiger partial charge is 0.171 e. The maximum Gasteiger partial charge on any atom is 0.171 e. The zero-order valence-electron chi connectivity index (χ0n) is 13.2. The van der Waals surface area contributed by atoms with Gasteiger partial charge in [0.05, 0.1) is 5.54 Å². The van der Waals surface area contributed by atoms with Crippen molar-refractivity contribution in [2.24, 2.45) is 0 Å². The number of hydrogen-bond donors (Lipinski definition) is 2. The van der Waals surface area contributed by atoms with Crippen LogP contribution in [0, 0.1) is 12.7 Å². The van der Waals surface area contributed by atoms with E-state index in [2.05, 4.69) is 41.8 Å². The molecule has 1 aliphatic carbocycles. The molecule has 3 rings (SSSR count). The Kier molecular flexibility index (Phi) is 4.62. The standard InChI is InChI=1S/C19H21FN2S/c1-14-5-4-6-15(13-14)19(11-2-3-12-19)22-18(23)21-17-9-7-16(20)8-10-17/h4-10,13H,2-3,11-12H2,1H3,(H2,21,22,23). The van der Waals surface area contributed by atoms with Crippen molar-refractivity contribution in [3.05, 3.63) is 65.5 Å². The van der Waals surface area contributed by atoms with Gasteiger partial charge in [-0.15, -0.1) is 0 Å². The van der Waals surface area contributed by atoms with Crippen LogP contribution >= 0.6 is 12.2 Å². The fourth-order valence-corrected chi connectivity index (χ4v) is 3.63. The number of benzene rings is 2. The van der Waals surface area contributed by atoms with Crippen LogP contribution in [0.1, 0.15) is 36.8 Å². The molecule has 0 bridgehead atoms. The lowest BCUT2D eigenvalue weighted by Gasteiger charge is -2.33. The van der Waals surface area contributed by atoms with Crippen LogP contribution in [0.3, 0.4) is 0 Å². The summed E-state index contributed by atoms with van der Waals surface area (Å²) in [6, 6.07) is 14.9. The van der Waals surface area contributed by atoms with Gasteiger partial charge in [-0.2, -0.15) is 0 Å². The molecule has 0 aliphatic heterocycles. The molecule has 0 spiro atoms. The molecule has 2 nitrogen and oxygen atoms in total. The lowest BCUT2D eigenvalue weighted by Crippen LogP contribution is -2.45. The highest BCUT2D eigenvalue weighted by molar-refractivity contribution is 7.80. The average molecular weight is 328 g/mol. The third-order valence-electron chi connectivity index (χ3n) is 4.48. The van der Waals surface area contributed by atoms with E-state index in [0.717, 1.165) is 18.5 Å². The SMILES string of the molecule is Cc1cccc(C2(NC(=S)Nc3ccc(F)cc3)CCCC2)c1. The highest BCUT2D eigenvalue weighted by Gasteiger charge is 2.36. The average Bonchev–Trinajstić information content (AvgIpc) is 2.99. The van der Waals surface area contributed by atoms with E-state index in [4.69, 9.17) is 12.2 Å². The quantitative estimate of drug-likeness (QED) is 0.785. The fourth-order valence-electron chi connectivity index (χ4n) is 3.32. The van der Waals surface area contributed by atoms with E-state index < -0.39 is 0 Å². The van der Waals surface area contributed by atoms with E-state index in [1.165, 1.54) is 36.1 Å². The molecule has 23 heavy (non-hydrogen) atoms. The Bertz CT molecular complexity index is 691. The number of rotatable bonds is 3. The van der Waals surface area contributed by atoms with Gasteiger partial charge in [-0.3, -0.25) is 0 Å². The van der Waals surface area contributed by atoms with Crippen molar-refractivity contribution < 1.29 is 4.39 Å². The van der Waals surface area contributed by atoms with E-state index in [1.54, 1.807) is 12.1 Å². The first-order chi connectivity index (χ1) is 11.1. The minimum Gasteiger partial charge on any atom is -0.353 e. The second-order valence-corrected chi connectivity index (χ2v) is 6.65. The van der Waals surface area contributed by atoms with Crippen LogP contribution in [0.5, 0.6) is 0 Å². The summed E-state index contributed by atoms with van der Waals surface area (Å²) in [6.45, 7) is 2.11. The molecule has 4 heteroatoms. The maximum absolute atomic E-state index is 13.0. The molecule has 2 N–H and O–H groups in total. The number of thiocarbonyl (C=S) groups is 1. The Balaban J connectivity index is 1.77. The zero-order chi connectivity index (χ0) is 16.3. The molecule has 120 valence electrons. The predicted octanol–water partition coefficient (Wildman–Crippen LogP) is 4.89. The molecule has 2 aromatic rings. The van der Waals surface area contributed by atoms with Crippen molar-refractivity contribution in [1.82, 2.24) is 5.32 Å². The molecule has 0 radical (unpaired) electrons. The zero-order valence-corrected chi connectivity index (χ0v) is 14.0. The molecule has 0 heterocycles. The summed E-state index contributed by atoms with van der Waals surface area (Å²) in [7, 11) is 0. The Morgan fingerprint density at radius 2 is 1.78 bits per heavy atom. The van der Waals surface area contributed by atoms with E-state index in [1.807, 2.05) is 0 Å². The molecule has 0 amide bonds. The van der Waals surface area contributed by atoms with Gasteiger partial charge in [-0.1, -0.05) is 42.7 Å². The molecule has 2 aromatic carbocycles. The molecule has 0 unspecified atom stereocenters. The van der Waals surface area contributed by atoms with Gasteiger partial charge in [-0.25, -0.2) is 4.39 Å². The summed E-state index contributed by atoms with van der Waals surface area (Å²) in [5.41, 5.74) is 3.24. The highest BCUT2D eigenvalue weighted by atomic mass is 32.1. The molecule has 0 aromatic heterocycles. The molecule has 0 saturated heterocycles. The summed E-state index contributed by atoms with van der Waals surface area (Å²) < 4.78 is 13.0.